The van der Waals surface area contributed by atoms with Gasteiger partial charge in [0.05, 0.1) is 0 Å². The predicted molar refractivity (Wildman–Crippen MR) is 54.1 cm³/mol. The Labute approximate surface area is 101 Å². The lowest BCUT2D eigenvalue weighted by molar-refractivity contribution is -0.285. The highest BCUT2D eigenvalue weighted by atomic mass is 31.1. The van der Waals surface area contributed by atoms with Crippen molar-refractivity contribution in [2.75, 3.05) is 0 Å². The SMILES string of the molecule is O=[PH](O)OC(O)(OPO)c1c(F)ccc(F)c1F. The van der Waals surface area contributed by atoms with Gasteiger partial charge in [-0.05, 0) is 12.1 Å². The van der Waals surface area contributed by atoms with Crippen LogP contribution in [0, 0.1) is 17.5 Å². The molecular weight excluding hydrogens is 299 g/mol. The molecule has 1 aromatic carbocycles. The van der Waals surface area contributed by atoms with E-state index in [4.69, 9.17) is 9.79 Å². The molecule has 6 nitrogen and oxygen atoms in total. The highest BCUT2D eigenvalue weighted by Crippen LogP contribution is 2.40. The van der Waals surface area contributed by atoms with Crippen molar-refractivity contribution >= 4 is 17.3 Å². The van der Waals surface area contributed by atoms with Crippen LogP contribution in [0.15, 0.2) is 12.1 Å². The van der Waals surface area contributed by atoms with Crippen LogP contribution in [-0.4, -0.2) is 14.9 Å². The van der Waals surface area contributed by atoms with E-state index in [1.54, 1.807) is 0 Å². The van der Waals surface area contributed by atoms with Gasteiger partial charge in [0.25, 0.3) is 0 Å². The van der Waals surface area contributed by atoms with Gasteiger partial charge in [0, 0.05) is 0 Å². The quantitative estimate of drug-likeness (QED) is 0.428. The molecule has 0 saturated carbocycles. The normalized spacial score (nSPS) is 17.0. The Hall–Kier alpha value is -0.530. The summed E-state index contributed by atoms with van der Waals surface area (Å²) in [4.78, 5) is 17.0. The summed E-state index contributed by atoms with van der Waals surface area (Å²) in [5, 5.41) is 9.56. The topological polar surface area (TPSA) is 96.2 Å². The van der Waals surface area contributed by atoms with E-state index in [2.05, 4.69) is 9.05 Å². The van der Waals surface area contributed by atoms with Gasteiger partial charge in [-0.3, -0.25) is 9.09 Å². The molecule has 3 atom stereocenters. The van der Waals surface area contributed by atoms with E-state index >= 15 is 0 Å². The molecule has 0 radical (unpaired) electrons. The standard InChI is InChI=1S/C7H7F3O6P2/c8-3-1-2-4(9)6(10)5(3)7(11,15-17-12)16-18(13)14/h1-2,11-12,17-18H,(H,13,14). The van der Waals surface area contributed by atoms with Crippen LogP contribution in [0.4, 0.5) is 13.2 Å². The van der Waals surface area contributed by atoms with E-state index in [1.165, 1.54) is 0 Å². The van der Waals surface area contributed by atoms with Gasteiger partial charge in [0.1, 0.15) is 11.4 Å². The molecule has 0 aliphatic heterocycles. The van der Waals surface area contributed by atoms with Crippen molar-refractivity contribution in [2.45, 2.75) is 5.97 Å². The molecule has 1 aromatic rings. The number of rotatable bonds is 5. The van der Waals surface area contributed by atoms with Crippen LogP contribution in [0.1, 0.15) is 5.56 Å². The largest absolute Gasteiger partial charge is 0.352 e. The minimum atomic E-state index is -3.89. The van der Waals surface area contributed by atoms with E-state index < -0.39 is 46.3 Å². The number of aliphatic hydroxyl groups is 1. The highest BCUT2D eigenvalue weighted by molar-refractivity contribution is 7.32. The lowest BCUT2D eigenvalue weighted by atomic mass is 10.1. The molecule has 18 heavy (non-hydrogen) atoms. The van der Waals surface area contributed by atoms with Gasteiger partial charge in [0.2, 0.25) is 0 Å². The van der Waals surface area contributed by atoms with Crippen LogP contribution in [0.3, 0.4) is 0 Å². The summed E-state index contributed by atoms with van der Waals surface area (Å²) in [5.74, 6) is -8.32. The lowest BCUT2D eigenvalue weighted by Crippen LogP contribution is -2.31. The van der Waals surface area contributed by atoms with Gasteiger partial charge < -0.3 is 14.9 Å². The van der Waals surface area contributed by atoms with Crippen molar-refractivity contribution < 1.29 is 41.7 Å². The number of hydrogen-bond acceptors (Lipinski definition) is 5. The summed E-state index contributed by atoms with van der Waals surface area (Å²) in [5.41, 5.74) is -1.48. The first-order valence-corrected chi connectivity index (χ1v) is 6.29. The van der Waals surface area contributed by atoms with E-state index in [0.29, 0.717) is 12.1 Å². The van der Waals surface area contributed by atoms with Crippen LogP contribution in [0.2, 0.25) is 0 Å². The lowest BCUT2D eigenvalue weighted by Gasteiger charge is -2.25. The molecule has 0 amide bonds. The Morgan fingerprint density at radius 3 is 2.33 bits per heavy atom. The monoisotopic (exact) mass is 306 g/mol. The molecule has 3 N–H and O–H groups in total. The van der Waals surface area contributed by atoms with Crippen molar-refractivity contribution in [3.05, 3.63) is 35.1 Å². The Balaban J connectivity index is 3.37. The third kappa shape index (κ3) is 3.27. The summed E-state index contributed by atoms with van der Waals surface area (Å²) >= 11 is 0. The van der Waals surface area contributed by atoms with E-state index in [0.717, 1.165) is 0 Å². The van der Waals surface area contributed by atoms with Gasteiger partial charge in [-0.25, -0.2) is 17.7 Å². The van der Waals surface area contributed by atoms with Crippen molar-refractivity contribution in [1.82, 2.24) is 0 Å². The van der Waals surface area contributed by atoms with Crippen LogP contribution < -0.4 is 0 Å². The zero-order valence-electron chi connectivity index (χ0n) is 8.35. The average Bonchev–Trinajstić information content (AvgIpc) is 2.23. The molecule has 0 aliphatic carbocycles. The van der Waals surface area contributed by atoms with E-state index in [1.807, 2.05) is 0 Å². The van der Waals surface area contributed by atoms with Crippen LogP contribution in [0.5, 0.6) is 0 Å². The summed E-state index contributed by atoms with van der Waals surface area (Å²) < 4.78 is 58.0. The van der Waals surface area contributed by atoms with Gasteiger partial charge in [0.15, 0.2) is 20.7 Å². The van der Waals surface area contributed by atoms with Crippen LogP contribution in [-0.2, 0) is 19.6 Å². The van der Waals surface area contributed by atoms with Crippen molar-refractivity contribution in [1.29, 1.82) is 0 Å². The van der Waals surface area contributed by atoms with E-state index in [9.17, 15) is 22.8 Å². The molecule has 102 valence electrons. The Morgan fingerprint density at radius 2 is 1.83 bits per heavy atom. The van der Waals surface area contributed by atoms with Crippen molar-refractivity contribution in [3.63, 3.8) is 0 Å². The van der Waals surface area contributed by atoms with Crippen molar-refractivity contribution in [2.24, 2.45) is 0 Å². The van der Waals surface area contributed by atoms with Crippen LogP contribution in [0.25, 0.3) is 0 Å². The second-order valence-corrected chi connectivity index (χ2v) is 3.98. The summed E-state index contributed by atoms with van der Waals surface area (Å²) in [6.45, 7) is 0. The highest BCUT2D eigenvalue weighted by Gasteiger charge is 2.41. The fourth-order valence-corrected chi connectivity index (χ4v) is 1.85. The Kier molecular flexibility index (Phi) is 5.24. The zero-order valence-corrected chi connectivity index (χ0v) is 10.4. The summed E-state index contributed by atoms with van der Waals surface area (Å²) in [6, 6.07) is 0.873. The molecule has 3 unspecified atom stereocenters. The second kappa shape index (κ2) is 6.08. The first kappa shape index (κ1) is 15.5. The second-order valence-electron chi connectivity index (χ2n) is 2.86. The predicted octanol–water partition coefficient (Wildman–Crippen LogP) is 1.12. The fourth-order valence-electron chi connectivity index (χ4n) is 1.12. The van der Waals surface area contributed by atoms with Gasteiger partial charge in [-0.1, -0.05) is 0 Å². The number of halogens is 3. The average molecular weight is 306 g/mol. The zero-order chi connectivity index (χ0) is 13.9. The molecule has 11 heteroatoms. The maximum absolute atomic E-state index is 13.3. The first-order chi connectivity index (χ1) is 8.31. The molecule has 0 aromatic heterocycles. The summed E-state index contributed by atoms with van der Waals surface area (Å²) in [7, 11) is -5.43. The van der Waals surface area contributed by atoms with Crippen molar-refractivity contribution in [3.8, 4) is 0 Å². The van der Waals surface area contributed by atoms with Gasteiger partial charge in [-0.2, -0.15) is 0 Å². The first-order valence-electron chi connectivity index (χ1n) is 4.17. The molecule has 1 rings (SSSR count). The molecule has 0 aliphatic rings. The van der Waals surface area contributed by atoms with Gasteiger partial charge >= 0.3 is 14.2 Å². The summed E-state index contributed by atoms with van der Waals surface area (Å²) in [6.07, 6.45) is 0. The molecule has 0 saturated heterocycles. The molecular formula is C7H7F3O6P2. The number of hydrogen-bond donors (Lipinski definition) is 3. The Bertz CT molecular complexity index is 473. The molecule has 0 bridgehead atoms. The minimum absolute atomic E-state index is 0.428. The third-order valence-electron chi connectivity index (χ3n) is 1.77. The van der Waals surface area contributed by atoms with Gasteiger partial charge in [-0.15, -0.1) is 0 Å². The minimum Gasteiger partial charge on any atom is -0.352 e. The fraction of sp³-hybridized carbons (Fsp3) is 0.143. The van der Waals surface area contributed by atoms with Crippen LogP contribution >= 0.6 is 17.3 Å². The number of benzene rings is 1. The Morgan fingerprint density at radius 1 is 1.28 bits per heavy atom. The molecule has 0 spiro atoms. The molecule has 0 heterocycles. The third-order valence-corrected chi connectivity index (χ3v) is 2.59. The smallest absolute Gasteiger partial charge is 0.327 e. The van der Waals surface area contributed by atoms with E-state index in [-0.39, 0.29) is 0 Å². The maximum Gasteiger partial charge on any atom is 0.327 e. The molecule has 0 fully saturated rings. The maximum atomic E-state index is 13.3.